The second-order valence-corrected chi connectivity index (χ2v) is 9.31. The maximum absolute atomic E-state index is 13.3. The highest BCUT2D eigenvalue weighted by Gasteiger charge is 2.31. The summed E-state index contributed by atoms with van der Waals surface area (Å²) in [6.45, 7) is 1.82. The summed E-state index contributed by atoms with van der Waals surface area (Å²) in [6.07, 6.45) is -8.98. The first-order valence-electron chi connectivity index (χ1n) is 12.2. The Morgan fingerprint density at radius 1 is 0.718 bits per heavy atom. The molecule has 4 aromatic rings. The van der Waals surface area contributed by atoms with E-state index in [1.807, 2.05) is 49.4 Å². The minimum atomic E-state index is -4.49. The second-order valence-electron chi connectivity index (χ2n) is 9.31. The monoisotopic (exact) mass is 544 g/mol. The van der Waals surface area contributed by atoms with E-state index in [0.717, 1.165) is 40.6 Å². The van der Waals surface area contributed by atoms with Gasteiger partial charge in [-0.2, -0.15) is 26.3 Å². The molecule has 1 atom stereocenters. The summed E-state index contributed by atoms with van der Waals surface area (Å²) in [5, 5.41) is 5.31. The van der Waals surface area contributed by atoms with Crippen molar-refractivity contribution in [2.24, 2.45) is 0 Å². The average molecular weight is 545 g/mol. The van der Waals surface area contributed by atoms with Gasteiger partial charge >= 0.3 is 12.4 Å². The van der Waals surface area contributed by atoms with Gasteiger partial charge in [-0.1, -0.05) is 66.7 Å². The molecular weight excluding hydrogens is 518 g/mol. The minimum Gasteiger partial charge on any atom is -0.333 e. The van der Waals surface area contributed by atoms with Gasteiger partial charge in [0.2, 0.25) is 5.91 Å². The van der Waals surface area contributed by atoms with Crippen LogP contribution in [0.5, 0.6) is 0 Å². The number of rotatable bonds is 8. The number of halogens is 6. The Morgan fingerprint density at radius 2 is 1.21 bits per heavy atom. The van der Waals surface area contributed by atoms with Gasteiger partial charge in [0.15, 0.2) is 0 Å². The van der Waals surface area contributed by atoms with Crippen LogP contribution in [0.4, 0.5) is 26.3 Å². The second kappa shape index (κ2) is 11.5. The molecule has 0 fully saturated rings. The van der Waals surface area contributed by atoms with Crippen LogP contribution in [0.2, 0.25) is 0 Å². The van der Waals surface area contributed by atoms with Crippen LogP contribution in [0.1, 0.15) is 40.8 Å². The van der Waals surface area contributed by atoms with Crippen molar-refractivity contribution in [3.8, 4) is 0 Å². The van der Waals surface area contributed by atoms with Gasteiger partial charge in [-0.3, -0.25) is 4.79 Å². The van der Waals surface area contributed by atoms with E-state index >= 15 is 0 Å². The molecule has 9 heteroatoms. The Balaban J connectivity index is 1.52. The zero-order valence-corrected chi connectivity index (χ0v) is 21.0. The van der Waals surface area contributed by atoms with Gasteiger partial charge < -0.3 is 10.2 Å². The maximum Gasteiger partial charge on any atom is 0.416 e. The van der Waals surface area contributed by atoms with Gasteiger partial charge in [0.1, 0.15) is 0 Å². The lowest BCUT2D eigenvalue weighted by molar-refractivity contribution is -0.138. The van der Waals surface area contributed by atoms with Crippen molar-refractivity contribution < 1.29 is 31.1 Å². The summed E-state index contributed by atoms with van der Waals surface area (Å²) in [5.41, 5.74) is 0.309. The van der Waals surface area contributed by atoms with Gasteiger partial charge in [0.05, 0.1) is 17.7 Å². The molecule has 0 spiro atoms. The van der Waals surface area contributed by atoms with Crippen LogP contribution in [0.3, 0.4) is 0 Å². The molecule has 0 unspecified atom stereocenters. The van der Waals surface area contributed by atoms with Crippen molar-refractivity contribution in [1.29, 1.82) is 0 Å². The molecule has 4 aromatic carbocycles. The fourth-order valence-electron chi connectivity index (χ4n) is 4.36. The standard InChI is InChI=1S/C30H26F6N2O/c1-20(26-8-4-6-23-5-2-3-7-27(23)26)37-17-28(39)38(18-21-9-13-24(14-10-21)29(31,32)33)19-22-11-15-25(16-12-22)30(34,35)36/h2-16,20,37H,17-19H2,1H3/t20-/m1/s1. The normalized spacial score (nSPS) is 12.9. The summed E-state index contributed by atoms with van der Waals surface area (Å²) >= 11 is 0. The van der Waals surface area contributed by atoms with Crippen LogP contribution in [0.15, 0.2) is 91.0 Å². The smallest absolute Gasteiger partial charge is 0.333 e. The molecule has 0 aromatic heterocycles. The lowest BCUT2D eigenvalue weighted by atomic mass is 10.00. The van der Waals surface area contributed by atoms with Crippen LogP contribution < -0.4 is 5.32 Å². The number of alkyl halides is 6. The molecule has 0 radical (unpaired) electrons. The Bertz CT molecular complexity index is 1350. The van der Waals surface area contributed by atoms with Crippen LogP contribution in [0, 0.1) is 0 Å². The van der Waals surface area contributed by atoms with Gasteiger partial charge in [0.25, 0.3) is 0 Å². The predicted molar refractivity (Wildman–Crippen MR) is 138 cm³/mol. The SMILES string of the molecule is C[C@@H](NCC(=O)N(Cc1ccc(C(F)(F)F)cc1)Cc1ccc(C(F)(F)F)cc1)c1cccc2ccccc12. The van der Waals surface area contributed by atoms with Gasteiger partial charge in [-0.05, 0) is 58.7 Å². The Hall–Kier alpha value is -3.85. The fraction of sp³-hybridized carbons (Fsp3) is 0.233. The van der Waals surface area contributed by atoms with E-state index in [1.54, 1.807) is 0 Å². The topological polar surface area (TPSA) is 32.3 Å². The zero-order chi connectivity index (χ0) is 28.2. The van der Waals surface area contributed by atoms with E-state index in [2.05, 4.69) is 5.32 Å². The van der Waals surface area contributed by atoms with E-state index < -0.39 is 23.5 Å². The van der Waals surface area contributed by atoms with Gasteiger partial charge in [0, 0.05) is 19.1 Å². The molecule has 204 valence electrons. The molecule has 39 heavy (non-hydrogen) atoms. The van der Waals surface area contributed by atoms with Crippen LogP contribution in [-0.4, -0.2) is 17.4 Å². The van der Waals surface area contributed by atoms with Crippen molar-refractivity contribution in [1.82, 2.24) is 10.2 Å². The Labute approximate surface area is 222 Å². The number of carbonyl (C=O) groups is 1. The Kier molecular flexibility index (Phi) is 8.30. The highest BCUT2D eigenvalue weighted by molar-refractivity contribution is 5.86. The predicted octanol–water partition coefficient (Wildman–Crippen LogP) is 7.76. The van der Waals surface area contributed by atoms with E-state index in [9.17, 15) is 31.1 Å². The van der Waals surface area contributed by atoms with Crippen LogP contribution in [-0.2, 0) is 30.2 Å². The molecule has 0 heterocycles. The van der Waals surface area contributed by atoms with E-state index in [1.165, 1.54) is 29.2 Å². The first kappa shape index (κ1) is 28.2. The van der Waals surface area contributed by atoms with Crippen LogP contribution >= 0.6 is 0 Å². The lowest BCUT2D eigenvalue weighted by Gasteiger charge is -2.25. The molecule has 0 aliphatic carbocycles. The molecule has 0 saturated heterocycles. The number of nitrogens with one attached hydrogen (secondary N) is 1. The van der Waals surface area contributed by atoms with Crippen molar-refractivity contribution in [3.63, 3.8) is 0 Å². The fourth-order valence-corrected chi connectivity index (χ4v) is 4.36. The maximum atomic E-state index is 13.3. The first-order valence-corrected chi connectivity index (χ1v) is 12.2. The summed E-state index contributed by atoms with van der Waals surface area (Å²) in [7, 11) is 0. The van der Waals surface area contributed by atoms with Crippen LogP contribution in [0.25, 0.3) is 10.8 Å². The number of fused-ring (bicyclic) bond motifs is 1. The number of hydrogen-bond donors (Lipinski definition) is 1. The molecule has 1 amide bonds. The molecular formula is C30H26F6N2O. The number of amides is 1. The molecule has 0 aliphatic heterocycles. The summed E-state index contributed by atoms with van der Waals surface area (Å²) in [4.78, 5) is 14.7. The van der Waals surface area contributed by atoms with Crippen molar-refractivity contribution in [2.75, 3.05) is 6.54 Å². The third-order valence-corrected chi connectivity index (χ3v) is 6.51. The van der Waals surface area contributed by atoms with Crippen molar-refractivity contribution in [2.45, 2.75) is 38.4 Å². The number of hydrogen-bond acceptors (Lipinski definition) is 2. The molecule has 0 saturated carbocycles. The average Bonchev–Trinajstić information content (AvgIpc) is 2.90. The minimum absolute atomic E-state index is 0.0116. The summed E-state index contributed by atoms with van der Waals surface area (Å²) in [6, 6.07) is 22.5. The quantitative estimate of drug-likeness (QED) is 0.230. The summed E-state index contributed by atoms with van der Waals surface area (Å²) < 4.78 is 77.8. The summed E-state index contributed by atoms with van der Waals surface area (Å²) in [5.74, 6) is -0.345. The number of nitrogens with zero attached hydrogens (tertiary/aromatic N) is 1. The van der Waals surface area contributed by atoms with E-state index in [0.29, 0.717) is 11.1 Å². The largest absolute Gasteiger partial charge is 0.416 e. The Morgan fingerprint density at radius 3 is 1.72 bits per heavy atom. The van der Waals surface area contributed by atoms with Gasteiger partial charge in [-0.15, -0.1) is 0 Å². The highest BCUT2D eigenvalue weighted by Crippen LogP contribution is 2.31. The number of carbonyl (C=O) groups excluding carboxylic acids is 1. The lowest BCUT2D eigenvalue weighted by Crippen LogP contribution is -2.38. The first-order chi connectivity index (χ1) is 18.4. The van der Waals surface area contributed by atoms with Crippen molar-refractivity contribution in [3.05, 3.63) is 119 Å². The number of benzene rings is 4. The van der Waals surface area contributed by atoms with E-state index in [-0.39, 0.29) is 31.6 Å². The third-order valence-electron chi connectivity index (χ3n) is 6.51. The highest BCUT2D eigenvalue weighted by atomic mass is 19.4. The van der Waals surface area contributed by atoms with Crippen molar-refractivity contribution >= 4 is 16.7 Å². The van der Waals surface area contributed by atoms with Gasteiger partial charge in [-0.25, -0.2) is 0 Å². The van der Waals surface area contributed by atoms with E-state index in [4.69, 9.17) is 0 Å². The molecule has 0 aliphatic rings. The molecule has 4 rings (SSSR count). The molecule has 1 N–H and O–H groups in total. The molecule has 3 nitrogen and oxygen atoms in total. The zero-order valence-electron chi connectivity index (χ0n) is 21.0. The molecule has 0 bridgehead atoms. The third kappa shape index (κ3) is 7.17.